The highest BCUT2D eigenvalue weighted by Crippen LogP contribution is 2.19. The average molecular weight is 411 g/mol. The molecule has 0 radical (unpaired) electrons. The van der Waals surface area contributed by atoms with Crippen molar-refractivity contribution in [2.45, 2.75) is 33.9 Å². The van der Waals surface area contributed by atoms with Gasteiger partial charge in [-0.1, -0.05) is 24.3 Å². The fourth-order valence-corrected chi connectivity index (χ4v) is 3.03. The van der Waals surface area contributed by atoms with E-state index in [2.05, 4.69) is 15.3 Å². The van der Waals surface area contributed by atoms with Gasteiger partial charge < -0.3 is 14.8 Å². The van der Waals surface area contributed by atoms with Crippen molar-refractivity contribution in [1.29, 1.82) is 0 Å². The Bertz CT molecular complexity index is 1040. The number of nitrogens with zero attached hydrogens (tertiary/aromatic N) is 2. The number of fused-ring (bicyclic) bond motifs is 1. The molecule has 0 saturated heterocycles. The molecule has 0 aliphatic heterocycles. The standard InChI is InChI=1S/C23H26FN3O3/c1-4-29-8-9-30-14-18-7-5-6-17(10-18)13-25-23(28)20-11-19(24)12-21-22(20)27-16(3)15(2)26-21/h5-7,10-12H,4,8-9,13-14H2,1-3H3,(H,25,28). The van der Waals surface area contributed by atoms with Crippen LogP contribution in [-0.4, -0.2) is 35.7 Å². The van der Waals surface area contributed by atoms with Crippen LogP contribution in [0.5, 0.6) is 0 Å². The zero-order chi connectivity index (χ0) is 21.5. The lowest BCUT2D eigenvalue weighted by Crippen LogP contribution is -2.23. The van der Waals surface area contributed by atoms with Gasteiger partial charge in [-0.15, -0.1) is 0 Å². The summed E-state index contributed by atoms with van der Waals surface area (Å²) in [4.78, 5) is 21.5. The molecule has 0 aliphatic carbocycles. The monoisotopic (exact) mass is 411 g/mol. The summed E-state index contributed by atoms with van der Waals surface area (Å²) in [5.41, 5.74) is 4.29. The van der Waals surface area contributed by atoms with E-state index >= 15 is 0 Å². The Hall–Kier alpha value is -2.90. The summed E-state index contributed by atoms with van der Waals surface area (Å²) in [6, 6.07) is 10.3. The summed E-state index contributed by atoms with van der Waals surface area (Å²) in [6.45, 7) is 8.11. The lowest BCUT2D eigenvalue weighted by atomic mass is 10.1. The molecule has 0 spiro atoms. The van der Waals surface area contributed by atoms with Crippen LogP contribution in [0.3, 0.4) is 0 Å². The third-order valence-corrected chi connectivity index (χ3v) is 4.68. The lowest BCUT2D eigenvalue weighted by Gasteiger charge is -2.10. The van der Waals surface area contributed by atoms with Crippen LogP contribution in [0, 0.1) is 19.7 Å². The van der Waals surface area contributed by atoms with Crippen LogP contribution < -0.4 is 5.32 Å². The van der Waals surface area contributed by atoms with E-state index in [0.29, 0.717) is 55.4 Å². The predicted molar refractivity (Wildman–Crippen MR) is 113 cm³/mol. The molecule has 1 N–H and O–H groups in total. The van der Waals surface area contributed by atoms with Crippen LogP contribution in [0.1, 0.15) is 39.8 Å². The zero-order valence-corrected chi connectivity index (χ0v) is 17.5. The largest absolute Gasteiger partial charge is 0.379 e. The van der Waals surface area contributed by atoms with Crippen molar-refractivity contribution in [2.75, 3.05) is 19.8 Å². The van der Waals surface area contributed by atoms with Crippen molar-refractivity contribution >= 4 is 16.9 Å². The molecule has 1 heterocycles. The second-order valence-electron chi connectivity index (χ2n) is 6.97. The summed E-state index contributed by atoms with van der Waals surface area (Å²) < 4.78 is 24.9. The Morgan fingerprint density at radius 1 is 1.03 bits per heavy atom. The maximum absolute atomic E-state index is 14.0. The molecule has 158 valence electrons. The van der Waals surface area contributed by atoms with Crippen molar-refractivity contribution < 1.29 is 18.7 Å². The highest BCUT2D eigenvalue weighted by atomic mass is 19.1. The third kappa shape index (κ3) is 5.58. The Balaban J connectivity index is 1.67. The maximum atomic E-state index is 14.0. The van der Waals surface area contributed by atoms with Crippen molar-refractivity contribution in [3.8, 4) is 0 Å². The summed E-state index contributed by atoms with van der Waals surface area (Å²) in [5.74, 6) is -0.910. The molecule has 6 nitrogen and oxygen atoms in total. The SMILES string of the molecule is CCOCCOCc1cccc(CNC(=O)c2cc(F)cc3nc(C)c(C)nc23)c1. The van der Waals surface area contributed by atoms with Gasteiger partial charge in [0.15, 0.2) is 0 Å². The minimum Gasteiger partial charge on any atom is -0.379 e. The smallest absolute Gasteiger partial charge is 0.253 e. The van der Waals surface area contributed by atoms with E-state index in [1.807, 2.05) is 38.1 Å². The quantitative estimate of drug-likeness (QED) is 0.541. The van der Waals surface area contributed by atoms with Crippen LogP contribution in [0.15, 0.2) is 36.4 Å². The number of hydrogen-bond donors (Lipinski definition) is 1. The van der Waals surface area contributed by atoms with Crippen molar-refractivity contribution in [2.24, 2.45) is 0 Å². The molecule has 0 saturated carbocycles. The van der Waals surface area contributed by atoms with Crippen molar-refractivity contribution in [3.05, 3.63) is 70.3 Å². The number of carbonyl (C=O) groups excluding carboxylic acids is 1. The molecule has 0 unspecified atom stereocenters. The predicted octanol–water partition coefficient (Wildman–Crippen LogP) is 3.87. The molecule has 0 fully saturated rings. The molecule has 1 aromatic heterocycles. The first-order chi connectivity index (χ1) is 14.5. The third-order valence-electron chi connectivity index (χ3n) is 4.68. The number of carbonyl (C=O) groups is 1. The Morgan fingerprint density at radius 2 is 1.77 bits per heavy atom. The molecule has 7 heteroatoms. The minimum absolute atomic E-state index is 0.177. The number of hydrogen-bond acceptors (Lipinski definition) is 5. The number of amides is 1. The van der Waals surface area contributed by atoms with Crippen molar-refractivity contribution in [3.63, 3.8) is 0 Å². The van der Waals surface area contributed by atoms with Gasteiger partial charge in [-0.2, -0.15) is 0 Å². The Labute approximate surface area is 175 Å². The first kappa shape index (κ1) is 21.8. The molecule has 0 aliphatic rings. The second kappa shape index (κ2) is 10.2. The number of rotatable bonds is 9. The van der Waals surface area contributed by atoms with Crippen LogP contribution in [-0.2, 0) is 22.6 Å². The Morgan fingerprint density at radius 3 is 2.57 bits per heavy atom. The minimum atomic E-state index is -0.517. The van der Waals surface area contributed by atoms with Crippen LogP contribution >= 0.6 is 0 Å². The van der Waals surface area contributed by atoms with Gasteiger partial charge in [0.25, 0.3) is 5.91 Å². The van der Waals surface area contributed by atoms with Gasteiger partial charge in [0.1, 0.15) is 11.3 Å². The van der Waals surface area contributed by atoms with E-state index in [4.69, 9.17) is 9.47 Å². The summed E-state index contributed by atoms with van der Waals surface area (Å²) in [5, 5.41) is 2.85. The number of aryl methyl sites for hydroxylation is 2. The number of halogens is 1. The molecule has 2 aromatic carbocycles. The number of aromatic nitrogens is 2. The van der Waals surface area contributed by atoms with E-state index in [1.165, 1.54) is 12.1 Å². The second-order valence-corrected chi connectivity index (χ2v) is 6.97. The molecule has 0 bridgehead atoms. The molecule has 1 amide bonds. The lowest BCUT2D eigenvalue weighted by molar-refractivity contribution is 0.0453. The van der Waals surface area contributed by atoms with E-state index < -0.39 is 11.7 Å². The van der Waals surface area contributed by atoms with E-state index in [9.17, 15) is 9.18 Å². The Kier molecular flexibility index (Phi) is 7.43. The van der Waals surface area contributed by atoms with E-state index in [1.54, 1.807) is 6.92 Å². The first-order valence-corrected chi connectivity index (χ1v) is 9.94. The van der Waals surface area contributed by atoms with Gasteiger partial charge in [-0.3, -0.25) is 4.79 Å². The normalized spacial score (nSPS) is 11.1. The van der Waals surface area contributed by atoms with Crippen molar-refractivity contribution in [1.82, 2.24) is 15.3 Å². The van der Waals surface area contributed by atoms with E-state index in [0.717, 1.165) is 11.1 Å². The average Bonchev–Trinajstić information content (AvgIpc) is 2.73. The molecule has 0 atom stereocenters. The van der Waals surface area contributed by atoms with Gasteiger partial charge in [-0.05, 0) is 38.0 Å². The summed E-state index contributed by atoms with van der Waals surface area (Å²) in [6.07, 6.45) is 0. The van der Waals surface area contributed by atoms with Crippen LogP contribution in [0.25, 0.3) is 11.0 Å². The van der Waals surface area contributed by atoms with Gasteiger partial charge in [0, 0.05) is 19.2 Å². The van der Waals surface area contributed by atoms with Gasteiger partial charge in [-0.25, -0.2) is 14.4 Å². The fourth-order valence-electron chi connectivity index (χ4n) is 3.03. The molecule has 3 aromatic rings. The molecule has 3 rings (SSSR count). The maximum Gasteiger partial charge on any atom is 0.253 e. The number of ether oxygens (including phenoxy) is 2. The first-order valence-electron chi connectivity index (χ1n) is 9.94. The molecular formula is C23H26FN3O3. The zero-order valence-electron chi connectivity index (χ0n) is 17.5. The highest BCUT2D eigenvalue weighted by molar-refractivity contribution is 6.04. The summed E-state index contributed by atoms with van der Waals surface area (Å²) in [7, 11) is 0. The van der Waals surface area contributed by atoms with Gasteiger partial charge in [0.05, 0.1) is 42.3 Å². The number of nitrogens with one attached hydrogen (secondary N) is 1. The van der Waals surface area contributed by atoms with Gasteiger partial charge >= 0.3 is 0 Å². The summed E-state index contributed by atoms with van der Waals surface area (Å²) >= 11 is 0. The molecule has 30 heavy (non-hydrogen) atoms. The highest BCUT2D eigenvalue weighted by Gasteiger charge is 2.15. The topological polar surface area (TPSA) is 73.3 Å². The van der Waals surface area contributed by atoms with E-state index in [-0.39, 0.29) is 5.56 Å². The fraction of sp³-hybridized carbons (Fsp3) is 0.348. The van der Waals surface area contributed by atoms with Gasteiger partial charge in [0.2, 0.25) is 0 Å². The van der Waals surface area contributed by atoms with Crippen LogP contribution in [0.2, 0.25) is 0 Å². The van der Waals surface area contributed by atoms with Crippen LogP contribution in [0.4, 0.5) is 4.39 Å². The number of benzene rings is 2. The molecular weight excluding hydrogens is 385 g/mol.